The summed E-state index contributed by atoms with van der Waals surface area (Å²) in [4.78, 5) is 20.8. The first-order valence-electron chi connectivity index (χ1n) is 10.5. The number of H-pyrrole nitrogens is 2. The SMILES string of the molecule is Cc1cc2[nH]c(=O)c(-[n+]3ccccc3)c(-c3ccc(F)c4[nH]ncc34)c2nc1OCCC(F)F. The summed E-state index contributed by atoms with van der Waals surface area (Å²) in [5.74, 6) is -0.310. The maximum atomic E-state index is 14.4. The Hall–Kier alpha value is -4.21. The first kappa shape index (κ1) is 21.6. The highest BCUT2D eigenvalue weighted by molar-refractivity contribution is 6.04. The lowest BCUT2D eigenvalue weighted by molar-refractivity contribution is -0.596. The van der Waals surface area contributed by atoms with E-state index >= 15 is 0 Å². The Kier molecular flexibility index (Phi) is 5.48. The van der Waals surface area contributed by atoms with Crippen molar-refractivity contribution in [3.05, 3.63) is 76.7 Å². The second-order valence-corrected chi connectivity index (χ2v) is 7.75. The Morgan fingerprint density at radius 1 is 1.18 bits per heavy atom. The van der Waals surface area contributed by atoms with Crippen LogP contribution < -0.4 is 14.9 Å². The molecular weight excluding hydrogens is 447 g/mol. The number of nitrogens with zero attached hydrogens (tertiary/aromatic N) is 3. The average molecular weight is 466 g/mol. The van der Waals surface area contributed by atoms with Crippen LogP contribution in [0.25, 0.3) is 38.8 Å². The molecule has 5 rings (SSSR count). The molecule has 34 heavy (non-hydrogen) atoms. The number of hydrogen-bond acceptors (Lipinski definition) is 4. The van der Waals surface area contributed by atoms with Gasteiger partial charge in [0.15, 0.2) is 12.4 Å². The fraction of sp³-hybridized carbons (Fsp3) is 0.167. The molecule has 2 N–H and O–H groups in total. The number of aromatic nitrogens is 5. The molecule has 0 saturated carbocycles. The van der Waals surface area contributed by atoms with Crippen molar-refractivity contribution in [3.8, 4) is 22.7 Å². The van der Waals surface area contributed by atoms with Crippen LogP contribution in [-0.2, 0) is 0 Å². The van der Waals surface area contributed by atoms with Gasteiger partial charge in [0.1, 0.15) is 16.9 Å². The summed E-state index contributed by atoms with van der Waals surface area (Å²) in [5.41, 5.74) is 2.41. The molecule has 0 spiro atoms. The van der Waals surface area contributed by atoms with Gasteiger partial charge in [0.05, 0.1) is 23.9 Å². The first-order chi connectivity index (χ1) is 16.4. The van der Waals surface area contributed by atoms with Gasteiger partial charge in [-0.3, -0.25) is 9.89 Å². The molecule has 0 bridgehead atoms. The number of rotatable bonds is 6. The van der Waals surface area contributed by atoms with Gasteiger partial charge in [-0.2, -0.15) is 9.67 Å². The van der Waals surface area contributed by atoms with Crippen LogP contribution in [0.2, 0.25) is 0 Å². The number of alkyl halides is 2. The summed E-state index contributed by atoms with van der Waals surface area (Å²) in [6.45, 7) is 1.51. The molecule has 0 unspecified atom stereocenters. The highest BCUT2D eigenvalue weighted by Gasteiger charge is 2.26. The van der Waals surface area contributed by atoms with Gasteiger partial charge >= 0.3 is 5.56 Å². The zero-order valence-corrected chi connectivity index (χ0v) is 18.0. The molecule has 7 nitrogen and oxygen atoms in total. The lowest BCUT2D eigenvalue weighted by atomic mass is 9.98. The molecule has 0 aliphatic heterocycles. The third kappa shape index (κ3) is 3.76. The molecule has 0 fully saturated rings. The van der Waals surface area contributed by atoms with Gasteiger partial charge < -0.3 is 9.72 Å². The molecule has 172 valence electrons. The number of nitrogens with one attached hydrogen (secondary N) is 2. The largest absolute Gasteiger partial charge is 0.477 e. The third-order valence-corrected chi connectivity index (χ3v) is 5.49. The number of aryl methyl sites for hydroxylation is 1. The van der Waals surface area contributed by atoms with Crippen LogP contribution >= 0.6 is 0 Å². The molecule has 0 amide bonds. The zero-order valence-electron chi connectivity index (χ0n) is 18.0. The normalized spacial score (nSPS) is 11.6. The van der Waals surface area contributed by atoms with Crippen molar-refractivity contribution < 1.29 is 22.5 Å². The molecular formula is C24H19F3N5O2+. The molecule has 4 aromatic heterocycles. The van der Waals surface area contributed by atoms with Crippen LogP contribution in [0.3, 0.4) is 0 Å². The van der Waals surface area contributed by atoms with E-state index in [-0.39, 0.29) is 29.3 Å². The molecule has 4 heterocycles. The molecule has 0 radical (unpaired) electrons. The number of hydrogen-bond donors (Lipinski definition) is 2. The highest BCUT2D eigenvalue weighted by atomic mass is 19.3. The summed E-state index contributed by atoms with van der Waals surface area (Å²) < 4.78 is 46.9. The van der Waals surface area contributed by atoms with Crippen LogP contribution in [0.4, 0.5) is 13.2 Å². The Morgan fingerprint density at radius 3 is 2.74 bits per heavy atom. The van der Waals surface area contributed by atoms with Gasteiger partial charge in [-0.15, -0.1) is 0 Å². The van der Waals surface area contributed by atoms with Crippen molar-refractivity contribution in [3.63, 3.8) is 0 Å². The van der Waals surface area contributed by atoms with Gasteiger partial charge in [-0.25, -0.2) is 18.2 Å². The van der Waals surface area contributed by atoms with Crippen LogP contribution in [0.15, 0.2) is 59.8 Å². The topological polar surface area (TPSA) is 87.5 Å². The quantitative estimate of drug-likeness (QED) is 0.367. The van der Waals surface area contributed by atoms with Gasteiger partial charge in [-0.1, -0.05) is 12.1 Å². The second-order valence-electron chi connectivity index (χ2n) is 7.75. The van der Waals surface area contributed by atoms with Gasteiger partial charge in [0.25, 0.3) is 5.69 Å². The van der Waals surface area contributed by atoms with Crippen molar-refractivity contribution in [1.29, 1.82) is 0 Å². The number of fused-ring (bicyclic) bond motifs is 2. The van der Waals surface area contributed by atoms with E-state index in [0.717, 1.165) is 0 Å². The minimum absolute atomic E-state index is 0.177. The third-order valence-electron chi connectivity index (χ3n) is 5.49. The Morgan fingerprint density at radius 2 is 1.97 bits per heavy atom. The van der Waals surface area contributed by atoms with Crippen LogP contribution in [0.1, 0.15) is 12.0 Å². The maximum absolute atomic E-state index is 14.4. The van der Waals surface area contributed by atoms with E-state index in [0.29, 0.717) is 33.1 Å². The van der Waals surface area contributed by atoms with Crippen LogP contribution in [0, 0.1) is 12.7 Å². The number of benzene rings is 1. The molecule has 0 atom stereocenters. The minimum atomic E-state index is -2.50. The monoisotopic (exact) mass is 466 g/mol. The molecule has 0 aliphatic carbocycles. The Balaban J connectivity index is 1.85. The van der Waals surface area contributed by atoms with E-state index < -0.39 is 18.7 Å². The van der Waals surface area contributed by atoms with Gasteiger partial charge in [0, 0.05) is 35.1 Å². The van der Waals surface area contributed by atoms with E-state index in [1.165, 1.54) is 12.3 Å². The van der Waals surface area contributed by atoms with Crippen molar-refractivity contribution in [2.75, 3.05) is 6.61 Å². The summed E-state index contributed by atoms with van der Waals surface area (Å²) in [7, 11) is 0. The maximum Gasteiger partial charge on any atom is 0.321 e. The van der Waals surface area contributed by atoms with Crippen molar-refractivity contribution in [2.24, 2.45) is 0 Å². The molecule has 0 aliphatic rings. The summed E-state index contributed by atoms with van der Waals surface area (Å²) in [6.07, 6.45) is 1.97. The number of ether oxygens (including phenoxy) is 1. The lowest BCUT2D eigenvalue weighted by Gasteiger charge is -2.13. The second kappa shape index (κ2) is 8.62. The fourth-order valence-electron chi connectivity index (χ4n) is 3.95. The number of aromatic amines is 2. The van der Waals surface area contributed by atoms with E-state index in [2.05, 4.69) is 20.2 Å². The van der Waals surface area contributed by atoms with Crippen molar-refractivity contribution in [1.82, 2.24) is 20.2 Å². The number of halogens is 3. The molecule has 5 aromatic rings. The zero-order chi connectivity index (χ0) is 23.8. The van der Waals surface area contributed by atoms with Crippen LogP contribution in [-0.4, -0.2) is 33.2 Å². The van der Waals surface area contributed by atoms with Gasteiger partial charge in [-0.05, 0) is 19.1 Å². The average Bonchev–Trinajstić information content (AvgIpc) is 3.31. The predicted octanol–water partition coefficient (Wildman–Crippen LogP) is 4.22. The van der Waals surface area contributed by atoms with Crippen molar-refractivity contribution in [2.45, 2.75) is 19.8 Å². The molecule has 0 saturated heterocycles. The van der Waals surface area contributed by atoms with E-state index in [9.17, 15) is 18.0 Å². The summed E-state index contributed by atoms with van der Waals surface area (Å²) >= 11 is 0. The highest BCUT2D eigenvalue weighted by Crippen LogP contribution is 2.36. The lowest BCUT2D eigenvalue weighted by Crippen LogP contribution is -2.37. The predicted molar refractivity (Wildman–Crippen MR) is 120 cm³/mol. The van der Waals surface area contributed by atoms with Crippen LogP contribution in [0.5, 0.6) is 5.88 Å². The van der Waals surface area contributed by atoms with Gasteiger partial charge in [0.2, 0.25) is 12.3 Å². The fourth-order valence-corrected chi connectivity index (χ4v) is 3.95. The Bertz CT molecular complexity index is 1560. The summed E-state index contributed by atoms with van der Waals surface area (Å²) in [5, 5.41) is 7.08. The van der Waals surface area contributed by atoms with E-state index in [1.54, 1.807) is 48.1 Å². The number of pyridine rings is 3. The first-order valence-corrected chi connectivity index (χ1v) is 10.5. The minimum Gasteiger partial charge on any atom is -0.477 e. The van der Waals surface area contributed by atoms with E-state index in [1.807, 2.05) is 6.07 Å². The molecule has 10 heteroatoms. The Labute approximate surface area is 190 Å². The summed E-state index contributed by atoms with van der Waals surface area (Å²) in [6, 6.07) is 9.89. The smallest absolute Gasteiger partial charge is 0.321 e. The van der Waals surface area contributed by atoms with E-state index in [4.69, 9.17) is 4.74 Å². The standard InChI is InChI=1S/C24H18F3N5O2/c1-13-11-17-21(30-24(13)34-10-7-18(26)27)19(14-5-6-16(25)20-15(14)12-28-31-20)22(23(33)29-17)32-8-3-2-4-9-32/h2-6,8-9,11-12,18H,7,10H2,1H3,(H-,28,29,31,33)/p+1. The molecule has 1 aromatic carbocycles. The van der Waals surface area contributed by atoms with Crippen molar-refractivity contribution >= 4 is 21.9 Å².